The number of nitro groups is 1. The molecule has 3 N–H and O–H groups in total. The van der Waals surface area contributed by atoms with Gasteiger partial charge in [0.05, 0.1) is 10.5 Å². The largest absolute Gasteiger partial charge is 0.478 e. The first-order valence-corrected chi connectivity index (χ1v) is 6.42. The molecule has 0 bridgehead atoms. The molecule has 0 aromatic carbocycles. The van der Waals surface area contributed by atoms with E-state index in [0.29, 0.717) is 6.42 Å². The molecule has 0 amide bonds. The molecular formula is C13H19N3O5. The molecule has 0 saturated carbocycles. The van der Waals surface area contributed by atoms with Gasteiger partial charge in [-0.1, -0.05) is 20.8 Å². The van der Waals surface area contributed by atoms with E-state index < -0.39 is 16.6 Å². The van der Waals surface area contributed by atoms with E-state index in [0.717, 1.165) is 12.3 Å². The molecule has 0 spiro atoms. The molecule has 8 nitrogen and oxygen atoms in total. The second-order valence-corrected chi connectivity index (χ2v) is 5.73. The molecule has 0 aliphatic carbocycles. The van der Waals surface area contributed by atoms with E-state index in [-0.39, 0.29) is 29.4 Å². The molecule has 1 aromatic rings. The minimum Gasteiger partial charge on any atom is -0.478 e. The molecule has 1 unspecified atom stereocenters. The van der Waals surface area contributed by atoms with Gasteiger partial charge in [-0.3, -0.25) is 10.1 Å². The molecule has 1 heterocycles. The van der Waals surface area contributed by atoms with Gasteiger partial charge in [-0.2, -0.15) is 0 Å². The average molecular weight is 297 g/mol. The fourth-order valence-electron chi connectivity index (χ4n) is 1.84. The van der Waals surface area contributed by atoms with Crippen LogP contribution in [-0.4, -0.2) is 38.7 Å². The normalized spacial score (nSPS) is 12.8. The van der Waals surface area contributed by atoms with Gasteiger partial charge in [0.25, 0.3) is 0 Å². The summed E-state index contributed by atoms with van der Waals surface area (Å²) in [6.45, 7) is 5.71. The number of aromatic carboxylic acids is 1. The zero-order valence-corrected chi connectivity index (χ0v) is 12.2. The van der Waals surface area contributed by atoms with Crippen molar-refractivity contribution in [3.8, 4) is 0 Å². The van der Waals surface area contributed by atoms with Crippen molar-refractivity contribution < 1.29 is 19.9 Å². The molecule has 0 saturated heterocycles. The molecule has 8 heteroatoms. The molecule has 116 valence electrons. The van der Waals surface area contributed by atoms with E-state index in [4.69, 9.17) is 10.2 Å². The summed E-state index contributed by atoms with van der Waals surface area (Å²) < 4.78 is 0. The Bertz CT molecular complexity index is 539. The standard InChI is InChI=1S/C13H19N3O5/c1-13(2,3)10(4-5-17)15-11-9(16(20)21)6-8(7-14-11)12(18)19/h6-7,10,17H,4-5H2,1-3H3,(H,14,15)(H,18,19). The van der Waals surface area contributed by atoms with Gasteiger partial charge in [-0.25, -0.2) is 9.78 Å². The summed E-state index contributed by atoms with van der Waals surface area (Å²) in [5, 5.41) is 32.0. The van der Waals surface area contributed by atoms with Crippen molar-refractivity contribution in [1.82, 2.24) is 4.98 Å². The Morgan fingerprint density at radius 2 is 2.14 bits per heavy atom. The first-order chi connectivity index (χ1) is 9.66. The van der Waals surface area contributed by atoms with Crippen LogP contribution in [0, 0.1) is 15.5 Å². The minimum absolute atomic E-state index is 0.00150. The highest BCUT2D eigenvalue weighted by Crippen LogP contribution is 2.29. The van der Waals surface area contributed by atoms with Gasteiger partial charge in [0.1, 0.15) is 0 Å². The van der Waals surface area contributed by atoms with Crippen molar-refractivity contribution in [3.05, 3.63) is 27.9 Å². The molecule has 1 aromatic heterocycles. The van der Waals surface area contributed by atoms with Crippen molar-refractivity contribution in [2.45, 2.75) is 33.2 Å². The number of nitrogens with one attached hydrogen (secondary N) is 1. The number of carbonyl (C=O) groups is 1. The fourth-order valence-corrected chi connectivity index (χ4v) is 1.84. The van der Waals surface area contributed by atoms with Gasteiger partial charge in [-0.15, -0.1) is 0 Å². The lowest BCUT2D eigenvalue weighted by Crippen LogP contribution is -2.35. The number of aliphatic hydroxyl groups excluding tert-OH is 1. The van der Waals surface area contributed by atoms with E-state index in [2.05, 4.69) is 10.3 Å². The van der Waals surface area contributed by atoms with Crippen molar-refractivity contribution in [2.24, 2.45) is 5.41 Å². The van der Waals surface area contributed by atoms with Crippen LogP contribution in [0.15, 0.2) is 12.3 Å². The number of hydrogen-bond acceptors (Lipinski definition) is 6. The SMILES string of the molecule is CC(C)(C)C(CCO)Nc1ncc(C(=O)O)cc1[N+](=O)[O-]. The highest BCUT2D eigenvalue weighted by atomic mass is 16.6. The quantitative estimate of drug-likeness (QED) is 0.540. The lowest BCUT2D eigenvalue weighted by Gasteiger charge is -2.31. The number of carboxylic acids is 1. The summed E-state index contributed by atoms with van der Waals surface area (Å²) in [5.41, 5.74) is -0.909. The van der Waals surface area contributed by atoms with Crippen LogP contribution in [0.4, 0.5) is 11.5 Å². The van der Waals surface area contributed by atoms with Gasteiger partial charge >= 0.3 is 11.7 Å². The van der Waals surface area contributed by atoms with Crippen LogP contribution in [0.5, 0.6) is 0 Å². The number of anilines is 1. The number of nitrogens with zero attached hydrogens (tertiary/aromatic N) is 2. The topological polar surface area (TPSA) is 126 Å². The van der Waals surface area contributed by atoms with Crippen LogP contribution in [0.3, 0.4) is 0 Å². The maximum absolute atomic E-state index is 11.1. The molecule has 0 fully saturated rings. The third kappa shape index (κ3) is 4.38. The Morgan fingerprint density at radius 3 is 2.57 bits per heavy atom. The second-order valence-electron chi connectivity index (χ2n) is 5.73. The average Bonchev–Trinajstić information content (AvgIpc) is 2.36. The van der Waals surface area contributed by atoms with Crippen molar-refractivity contribution in [2.75, 3.05) is 11.9 Å². The predicted molar refractivity (Wildman–Crippen MR) is 76.4 cm³/mol. The van der Waals surface area contributed by atoms with Crippen LogP contribution >= 0.6 is 0 Å². The Balaban J connectivity index is 3.17. The zero-order valence-electron chi connectivity index (χ0n) is 12.2. The third-order valence-corrected chi connectivity index (χ3v) is 3.09. The molecule has 21 heavy (non-hydrogen) atoms. The van der Waals surface area contributed by atoms with Crippen molar-refractivity contribution in [3.63, 3.8) is 0 Å². The van der Waals surface area contributed by atoms with E-state index in [1.54, 1.807) is 0 Å². The Kier molecular flexibility index (Phi) is 5.20. The smallest absolute Gasteiger partial charge is 0.337 e. The molecular weight excluding hydrogens is 278 g/mol. The minimum atomic E-state index is -1.28. The van der Waals surface area contributed by atoms with E-state index in [1.807, 2.05) is 20.8 Å². The number of pyridine rings is 1. The maximum Gasteiger partial charge on any atom is 0.337 e. The summed E-state index contributed by atoms with van der Waals surface area (Å²) in [7, 11) is 0. The predicted octanol–water partition coefficient (Wildman–Crippen LogP) is 1.90. The van der Waals surface area contributed by atoms with Crippen LogP contribution < -0.4 is 5.32 Å². The molecule has 0 aliphatic heterocycles. The Hall–Kier alpha value is -2.22. The lowest BCUT2D eigenvalue weighted by atomic mass is 9.85. The second kappa shape index (κ2) is 6.49. The number of rotatable bonds is 6. The van der Waals surface area contributed by atoms with E-state index in [9.17, 15) is 14.9 Å². The van der Waals surface area contributed by atoms with Gasteiger partial charge < -0.3 is 15.5 Å². The summed E-state index contributed by atoms with van der Waals surface area (Å²) in [6, 6.07) is 0.723. The first-order valence-electron chi connectivity index (χ1n) is 6.42. The zero-order chi connectivity index (χ0) is 16.2. The Morgan fingerprint density at radius 1 is 1.52 bits per heavy atom. The number of aliphatic hydroxyl groups is 1. The van der Waals surface area contributed by atoms with Crippen LogP contribution in [0.1, 0.15) is 37.6 Å². The number of aromatic nitrogens is 1. The van der Waals surface area contributed by atoms with Gasteiger partial charge in [-0.05, 0) is 11.8 Å². The lowest BCUT2D eigenvalue weighted by molar-refractivity contribution is -0.384. The highest BCUT2D eigenvalue weighted by Gasteiger charge is 2.28. The Labute approximate surface area is 122 Å². The monoisotopic (exact) mass is 297 g/mol. The first kappa shape index (κ1) is 16.8. The molecule has 0 radical (unpaired) electrons. The maximum atomic E-state index is 11.1. The summed E-state index contributed by atoms with van der Waals surface area (Å²) in [6.07, 6.45) is 1.46. The van der Waals surface area contributed by atoms with Gasteiger partial charge in [0, 0.05) is 24.9 Å². The van der Waals surface area contributed by atoms with Crippen molar-refractivity contribution >= 4 is 17.5 Å². The summed E-state index contributed by atoms with van der Waals surface area (Å²) in [5.74, 6) is -1.28. The molecule has 1 atom stereocenters. The van der Waals surface area contributed by atoms with Gasteiger partial charge in [0.2, 0.25) is 5.82 Å². The molecule has 1 rings (SSSR count). The molecule has 0 aliphatic rings. The van der Waals surface area contributed by atoms with Crippen LogP contribution in [0.2, 0.25) is 0 Å². The summed E-state index contributed by atoms with van der Waals surface area (Å²) in [4.78, 5) is 25.1. The van der Waals surface area contributed by atoms with Crippen LogP contribution in [0.25, 0.3) is 0 Å². The van der Waals surface area contributed by atoms with Crippen LogP contribution in [-0.2, 0) is 0 Å². The highest BCUT2D eigenvalue weighted by molar-refractivity contribution is 5.88. The van der Waals surface area contributed by atoms with E-state index >= 15 is 0 Å². The number of carboxylic acid groups (broad SMARTS) is 1. The summed E-state index contributed by atoms with van der Waals surface area (Å²) >= 11 is 0. The van der Waals surface area contributed by atoms with Gasteiger partial charge in [0.15, 0.2) is 0 Å². The van der Waals surface area contributed by atoms with E-state index in [1.165, 1.54) is 0 Å². The van der Waals surface area contributed by atoms with Crippen molar-refractivity contribution in [1.29, 1.82) is 0 Å². The fraction of sp³-hybridized carbons (Fsp3) is 0.538. The number of hydrogen-bond donors (Lipinski definition) is 3. The third-order valence-electron chi connectivity index (χ3n) is 3.09.